The van der Waals surface area contributed by atoms with Gasteiger partial charge in [0.15, 0.2) is 0 Å². The van der Waals surface area contributed by atoms with Crippen molar-refractivity contribution in [3.63, 3.8) is 0 Å². The maximum Gasteiger partial charge on any atom is 0.0434 e. The number of hydrogen-bond acceptors (Lipinski definition) is 1. The van der Waals surface area contributed by atoms with Crippen molar-refractivity contribution in [1.82, 2.24) is 0 Å². The van der Waals surface area contributed by atoms with Crippen LogP contribution in [0.3, 0.4) is 0 Å². The third-order valence-electron chi connectivity index (χ3n) is 13.8. The van der Waals surface area contributed by atoms with Gasteiger partial charge in [-0.2, -0.15) is 0 Å². The largest absolute Gasteiger partial charge is 0.135 e. The molecule has 290 valence electrons. The minimum absolute atomic E-state index is 1.23. The van der Waals surface area contributed by atoms with Crippen LogP contribution in [-0.2, 0) is 0 Å². The molecule has 1 aliphatic carbocycles. The Morgan fingerprint density at radius 1 is 0.238 bits per heavy atom. The van der Waals surface area contributed by atoms with Crippen LogP contribution in [0.1, 0.15) is 0 Å². The molecule has 0 spiro atoms. The van der Waals surface area contributed by atoms with Crippen LogP contribution < -0.4 is 0 Å². The van der Waals surface area contributed by atoms with E-state index >= 15 is 0 Å². The second-order valence-corrected chi connectivity index (χ2v) is 18.1. The highest BCUT2D eigenvalue weighted by molar-refractivity contribution is 7.26. The number of fused-ring (bicyclic) bond motifs is 10. The van der Waals surface area contributed by atoms with Crippen molar-refractivity contribution in [3.05, 3.63) is 218 Å². The van der Waals surface area contributed by atoms with Crippen molar-refractivity contribution in [3.8, 4) is 66.8 Å². The molecule has 0 bridgehead atoms. The average Bonchev–Trinajstić information content (AvgIpc) is 3.89. The van der Waals surface area contributed by atoms with Crippen molar-refractivity contribution in [2.45, 2.75) is 0 Å². The summed E-state index contributed by atoms with van der Waals surface area (Å²) in [5.74, 6) is 0. The fourth-order valence-corrected chi connectivity index (χ4v) is 12.3. The standard InChI is InChI=1S/C62H36S/c1-2-17-40-34-41(31-30-37(40)14-1)42-35-54(62-55(36-42)46-22-9-10-29-56(46)63-62)45-32-33-53-57-49(45)27-13-28-52(57)60-58(47-25-11-18-38-15-3-5-20-43(38)47)50-23-7-8-24-51(50)59(61(53)60)48-26-12-19-39-16-4-6-21-44(39)48/h1-36H. The van der Waals surface area contributed by atoms with Gasteiger partial charge in [0.1, 0.15) is 0 Å². The molecule has 0 unspecified atom stereocenters. The van der Waals surface area contributed by atoms with E-state index in [0.29, 0.717) is 0 Å². The van der Waals surface area contributed by atoms with E-state index in [2.05, 4.69) is 218 Å². The lowest BCUT2D eigenvalue weighted by atomic mass is 9.81. The summed E-state index contributed by atoms with van der Waals surface area (Å²) in [6.45, 7) is 0. The molecule has 63 heavy (non-hydrogen) atoms. The molecule has 0 amide bonds. The van der Waals surface area contributed by atoms with Crippen molar-refractivity contribution < 1.29 is 0 Å². The monoisotopic (exact) mass is 812 g/mol. The van der Waals surface area contributed by atoms with Crippen LogP contribution in [0.2, 0.25) is 0 Å². The molecule has 14 rings (SSSR count). The Hall–Kier alpha value is -7.84. The maximum absolute atomic E-state index is 2.46. The lowest BCUT2D eigenvalue weighted by molar-refractivity contribution is 1.65. The minimum atomic E-state index is 1.23. The molecule has 0 fully saturated rings. The van der Waals surface area contributed by atoms with Crippen molar-refractivity contribution in [1.29, 1.82) is 0 Å². The van der Waals surface area contributed by atoms with E-state index < -0.39 is 0 Å². The van der Waals surface area contributed by atoms with Crippen LogP contribution in [0.15, 0.2) is 218 Å². The molecule has 1 heterocycles. The summed E-state index contributed by atoms with van der Waals surface area (Å²) in [7, 11) is 0. The van der Waals surface area contributed by atoms with Gasteiger partial charge in [-0.1, -0.05) is 194 Å². The second kappa shape index (κ2) is 13.3. The van der Waals surface area contributed by atoms with Crippen molar-refractivity contribution in [2.24, 2.45) is 0 Å². The van der Waals surface area contributed by atoms with Gasteiger partial charge >= 0.3 is 0 Å². The Labute approximate surface area is 368 Å². The lowest BCUT2D eigenvalue weighted by Gasteiger charge is -2.22. The van der Waals surface area contributed by atoms with Gasteiger partial charge in [-0.25, -0.2) is 0 Å². The van der Waals surface area contributed by atoms with Crippen molar-refractivity contribution >= 4 is 85.4 Å². The van der Waals surface area contributed by atoms with Crippen LogP contribution in [-0.4, -0.2) is 0 Å². The normalized spacial score (nSPS) is 12.1. The van der Waals surface area contributed by atoms with Crippen LogP contribution in [0.4, 0.5) is 0 Å². The highest BCUT2D eigenvalue weighted by Gasteiger charge is 2.32. The topological polar surface area (TPSA) is 0 Å². The fourth-order valence-electron chi connectivity index (χ4n) is 11.0. The zero-order valence-electron chi connectivity index (χ0n) is 34.2. The molecular weight excluding hydrogens is 777 g/mol. The zero-order chi connectivity index (χ0) is 41.2. The molecule has 0 radical (unpaired) electrons. The van der Waals surface area contributed by atoms with E-state index in [9.17, 15) is 0 Å². The summed E-state index contributed by atoms with van der Waals surface area (Å²) in [6, 6.07) is 81.9. The number of benzene rings is 12. The summed E-state index contributed by atoms with van der Waals surface area (Å²) in [6.07, 6.45) is 0. The van der Waals surface area contributed by atoms with Gasteiger partial charge in [0.05, 0.1) is 0 Å². The molecular formula is C62H36S. The Morgan fingerprint density at radius 3 is 1.44 bits per heavy atom. The molecule has 0 saturated heterocycles. The van der Waals surface area contributed by atoms with E-state index in [0.717, 1.165) is 0 Å². The summed E-state index contributed by atoms with van der Waals surface area (Å²) in [5, 5.41) is 15.3. The van der Waals surface area contributed by atoms with Crippen LogP contribution >= 0.6 is 11.3 Å². The van der Waals surface area contributed by atoms with E-state index in [-0.39, 0.29) is 0 Å². The zero-order valence-corrected chi connectivity index (χ0v) is 35.0. The Kier molecular flexibility index (Phi) is 7.37. The average molecular weight is 813 g/mol. The summed E-state index contributed by atoms with van der Waals surface area (Å²) in [5.41, 5.74) is 15.4. The first-order valence-electron chi connectivity index (χ1n) is 21.8. The van der Waals surface area contributed by atoms with Gasteiger partial charge in [-0.05, 0) is 139 Å². The fraction of sp³-hybridized carbons (Fsp3) is 0. The third kappa shape index (κ3) is 5.03. The minimum Gasteiger partial charge on any atom is -0.135 e. The molecule has 0 N–H and O–H groups in total. The van der Waals surface area contributed by atoms with Gasteiger partial charge in [0.2, 0.25) is 0 Å². The first-order valence-corrected chi connectivity index (χ1v) is 22.6. The van der Waals surface area contributed by atoms with Gasteiger partial charge in [0.25, 0.3) is 0 Å². The molecule has 1 aliphatic rings. The lowest BCUT2D eigenvalue weighted by Crippen LogP contribution is -1.94. The summed E-state index contributed by atoms with van der Waals surface area (Å²) >= 11 is 1.91. The number of rotatable bonds is 4. The molecule has 0 saturated carbocycles. The molecule has 12 aromatic carbocycles. The van der Waals surface area contributed by atoms with Gasteiger partial charge in [0, 0.05) is 25.7 Å². The Balaban J connectivity index is 1.12. The third-order valence-corrected chi connectivity index (χ3v) is 15.0. The summed E-state index contributed by atoms with van der Waals surface area (Å²) in [4.78, 5) is 0. The SMILES string of the molecule is c1ccc2cc(-c3cc(-c4ccc5c6c(cccc46)-c4c-5c(-c5cccc6ccccc56)c5ccccc5c4-c4cccc5ccccc45)c4sc5ccccc5c4c3)ccc2c1. The first-order chi connectivity index (χ1) is 31.3. The van der Waals surface area contributed by atoms with E-state index in [1.165, 1.54) is 141 Å². The predicted octanol–water partition coefficient (Wildman–Crippen LogP) is 18.1. The highest BCUT2D eigenvalue weighted by atomic mass is 32.1. The van der Waals surface area contributed by atoms with E-state index in [1.807, 2.05) is 11.3 Å². The molecule has 1 heteroatoms. The van der Waals surface area contributed by atoms with Crippen LogP contribution in [0.25, 0.3) is 141 Å². The van der Waals surface area contributed by atoms with Gasteiger partial charge in [-0.3, -0.25) is 0 Å². The molecule has 13 aromatic rings. The molecule has 0 nitrogen and oxygen atoms in total. The Morgan fingerprint density at radius 2 is 0.746 bits per heavy atom. The quantitative estimate of drug-likeness (QED) is 0.166. The van der Waals surface area contributed by atoms with Gasteiger partial charge in [-0.15, -0.1) is 11.3 Å². The van der Waals surface area contributed by atoms with E-state index in [1.54, 1.807) is 0 Å². The smallest absolute Gasteiger partial charge is 0.0434 e. The Bertz CT molecular complexity index is 3950. The number of hydrogen-bond donors (Lipinski definition) is 0. The molecule has 0 atom stereocenters. The predicted molar refractivity (Wildman–Crippen MR) is 273 cm³/mol. The summed E-state index contributed by atoms with van der Waals surface area (Å²) < 4.78 is 2.64. The van der Waals surface area contributed by atoms with Crippen molar-refractivity contribution in [2.75, 3.05) is 0 Å². The number of thiophene rings is 1. The molecule has 1 aromatic heterocycles. The van der Waals surface area contributed by atoms with Crippen LogP contribution in [0, 0.1) is 0 Å². The molecule has 0 aliphatic heterocycles. The highest BCUT2D eigenvalue weighted by Crippen LogP contribution is 2.60. The first kappa shape index (κ1) is 34.8. The van der Waals surface area contributed by atoms with E-state index in [4.69, 9.17) is 0 Å². The van der Waals surface area contributed by atoms with Crippen LogP contribution in [0.5, 0.6) is 0 Å². The van der Waals surface area contributed by atoms with Gasteiger partial charge < -0.3 is 0 Å². The maximum atomic E-state index is 2.46. The second-order valence-electron chi connectivity index (χ2n) is 17.0.